The van der Waals surface area contributed by atoms with Crippen LogP contribution in [0.25, 0.3) is 11.0 Å². The summed E-state index contributed by atoms with van der Waals surface area (Å²) in [6.45, 7) is 6.00. The van der Waals surface area contributed by atoms with E-state index in [2.05, 4.69) is 18.7 Å². The van der Waals surface area contributed by atoms with Crippen molar-refractivity contribution in [2.45, 2.75) is 26.7 Å². The van der Waals surface area contributed by atoms with Crippen LogP contribution in [0.15, 0.2) is 33.5 Å². The van der Waals surface area contributed by atoms with Crippen molar-refractivity contribution < 1.29 is 4.42 Å². The highest BCUT2D eigenvalue weighted by molar-refractivity contribution is 5.96. The molecular weight excluding hydrogens is 240 g/mol. The maximum absolute atomic E-state index is 11.8. The highest BCUT2D eigenvalue weighted by atomic mass is 16.4. The molecule has 2 aromatic rings. The van der Waals surface area contributed by atoms with E-state index in [1.165, 1.54) is 0 Å². The molecule has 0 spiro atoms. The standard InChI is InChI=1S/C15H20N2O2/c1-3-9-17(10-4-2)14-11-7-5-6-8-12(11)19-15(18)13(14)16/h5-8H,3-4,9-10,16H2,1-2H3. The fourth-order valence-electron chi connectivity index (χ4n) is 2.36. The quantitative estimate of drug-likeness (QED) is 0.839. The number of anilines is 2. The van der Waals surface area contributed by atoms with Crippen LogP contribution in [-0.4, -0.2) is 13.1 Å². The predicted octanol–water partition coefficient (Wildman–Crippen LogP) is 3.00. The molecule has 4 nitrogen and oxygen atoms in total. The normalized spacial score (nSPS) is 10.8. The number of para-hydroxylation sites is 1. The number of hydrogen-bond acceptors (Lipinski definition) is 4. The lowest BCUT2D eigenvalue weighted by atomic mass is 10.1. The first-order valence-electron chi connectivity index (χ1n) is 6.75. The van der Waals surface area contributed by atoms with Gasteiger partial charge in [0.25, 0.3) is 0 Å². The lowest BCUT2D eigenvalue weighted by Crippen LogP contribution is -2.28. The molecule has 0 saturated carbocycles. The Balaban J connectivity index is 2.68. The first kappa shape index (κ1) is 13.5. The van der Waals surface area contributed by atoms with Crippen LogP contribution in [0.3, 0.4) is 0 Å². The number of rotatable bonds is 5. The van der Waals surface area contributed by atoms with E-state index in [4.69, 9.17) is 10.2 Å². The first-order valence-corrected chi connectivity index (χ1v) is 6.75. The molecule has 2 N–H and O–H groups in total. The summed E-state index contributed by atoms with van der Waals surface area (Å²) < 4.78 is 5.23. The van der Waals surface area contributed by atoms with Crippen LogP contribution in [-0.2, 0) is 0 Å². The average Bonchev–Trinajstić information content (AvgIpc) is 2.40. The summed E-state index contributed by atoms with van der Waals surface area (Å²) >= 11 is 0. The molecular formula is C15H20N2O2. The molecule has 4 heteroatoms. The van der Waals surface area contributed by atoms with Crippen LogP contribution in [0.1, 0.15) is 26.7 Å². The second kappa shape index (κ2) is 5.78. The van der Waals surface area contributed by atoms with Gasteiger partial charge in [-0.05, 0) is 25.0 Å². The molecule has 0 saturated heterocycles. The summed E-state index contributed by atoms with van der Waals surface area (Å²) in [4.78, 5) is 14.0. The summed E-state index contributed by atoms with van der Waals surface area (Å²) in [5.74, 6) is 0. The Hall–Kier alpha value is -1.97. The van der Waals surface area contributed by atoms with Gasteiger partial charge < -0.3 is 15.1 Å². The summed E-state index contributed by atoms with van der Waals surface area (Å²) in [7, 11) is 0. The minimum atomic E-state index is -0.453. The third-order valence-corrected chi connectivity index (χ3v) is 3.12. The fraction of sp³-hybridized carbons (Fsp3) is 0.400. The zero-order valence-electron chi connectivity index (χ0n) is 11.5. The number of benzene rings is 1. The highest BCUT2D eigenvalue weighted by Crippen LogP contribution is 2.30. The molecule has 0 atom stereocenters. The second-order valence-electron chi connectivity index (χ2n) is 4.64. The van der Waals surface area contributed by atoms with E-state index in [1.54, 1.807) is 6.07 Å². The van der Waals surface area contributed by atoms with Gasteiger partial charge in [-0.3, -0.25) is 0 Å². The van der Waals surface area contributed by atoms with Crippen LogP contribution in [0, 0.1) is 0 Å². The van der Waals surface area contributed by atoms with Gasteiger partial charge in [0.2, 0.25) is 0 Å². The highest BCUT2D eigenvalue weighted by Gasteiger charge is 2.16. The van der Waals surface area contributed by atoms with Crippen molar-refractivity contribution in [1.29, 1.82) is 0 Å². The van der Waals surface area contributed by atoms with Crippen molar-refractivity contribution in [2.75, 3.05) is 23.7 Å². The van der Waals surface area contributed by atoms with Gasteiger partial charge in [-0.25, -0.2) is 4.79 Å². The summed E-state index contributed by atoms with van der Waals surface area (Å²) in [6.07, 6.45) is 2.02. The maximum atomic E-state index is 11.8. The number of nitrogens with zero attached hydrogens (tertiary/aromatic N) is 1. The Bertz CT molecular complexity index is 613. The molecule has 2 rings (SSSR count). The SMILES string of the molecule is CCCN(CCC)c1c(N)c(=O)oc2ccccc12. The maximum Gasteiger partial charge on any atom is 0.361 e. The van der Waals surface area contributed by atoms with Crippen molar-refractivity contribution in [2.24, 2.45) is 0 Å². The van der Waals surface area contributed by atoms with Crippen LogP contribution in [0.5, 0.6) is 0 Å². The Morgan fingerprint density at radius 2 is 1.79 bits per heavy atom. The van der Waals surface area contributed by atoms with Gasteiger partial charge in [-0.15, -0.1) is 0 Å². The molecule has 1 aromatic heterocycles. The van der Waals surface area contributed by atoms with Gasteiger partial charge in [0.1, 0.15) is 11.3 Å². The van der Waals surface area contributed by atoms with E-state index in [1.807, 2.05) is 18.2 Å². The molecule has 19 heavy (non-hydrogen) atoms. The van der Waals surface area contributed by atoms with Crippen LogP contribution in [0.4, 0.5) is 11.4 Å². The van der Waals surface area contributed by atoms with E-state index >= 15 is 0 Å². The Kier molecular flexibility index (Phi) is 4.10. The molecule has 1 aromatic carbocycles. The zero-order valence-corrected chi connectivity index (χ0v) is 11.5. The summed E-state index contributed by atoms with van der Waals surface area (Å²) in [6, 6.07) is 7.54. The molecule has 0 aliphatic heterocycles. The van der Waals surface area contributed by atoms with Gasteiger partial charge in [-0.1, -0.05) is 26.0 Å². The molecule has 1 heterocycles. The molecule has 0 radical (unpaired) electrons. The average molecular weight is 260 g/mol. The minimum Gasteiger partial charge on any atom is -0.421 e. The largest absolute Gasteiger partial charge is 0.421 e. The Morgan fingerprint density at radius 1 is 1.16 bits per heavy atom. The first-order chi connectivity index (χ1) is 9.19. The topological polar surface area (TPSA) is 59.5 Å². The molecule has 102 valence electrons. The number of nitrogen functional groups attached to an aromatic ring is 1. The van der Waals surface area contributed by atoms with Gasteiger partial charge in [-0.2, -0.15) is 0 Å². The minimum absolute atomic E-state index is 0.209. The van der Waals surface area contributed by atoms with Crippen LogP contribution in [0.2, 0.25) is 0 Å². The predicted molar refractivity (Wildman–Crippen MR) is 79.7 cm³/mol. The molecule has 0 aliphatic rings. The Morgan fingerprint density at radius 3 is 2.42 bits per heavy atom. The van der Waals surface area contributed by atoms with Gasteiger partial charge >= 0.3 is 5.63 Å². The summed E-state index contributed by atoms with van der Waals surface area (Å²) in [5.41, 5.74) is 7.13. The van der Waals surface area contributed by atoms with Crippen molar-refractivity contribution >= 4 is 22.3 Å². The third kappa shape index (κ3) is 2.57. The van der Waals surface area contributed by atoms with Crippen molar-refractivity contribution in [3.05, 3.63) is 34.7 Å². The summed E-state index contributed by atoms with van der Waals surface area (Å²) in [5, 5.41) is 0.904. The molecule has 0 amide bonds. The monoisotopic (exact) mass is 260 g/mol. The fourth-order valence-corrected chi connectivity index (χ4v) is 2.36. The number of nitrogens with two attached hydrogens (primary N) is 1. The molecule has 0 aliphatic carbocycles. The van der Waals surface area contributed by atoms with Gasteiger partial charge in [0.05, 0.1) is 5.69 Å². The second-order valence-corrected chi connectivity index (χ2v) is 4.64. The van der Waals surface area contributed by atoms with Crippen molar-refractivity contribution in [1.82, 2.24) is 0 Å². The lowest BCUT2D eigenvalue weighted by molar-refractivity contribution is 0.563. The lowest BCUT2D eigenvalue weighted by Gasteiger charge is -2.25. The van der Waals surface area contributed by atoms with Gasteiger partial charge in [0, 0.05) is 18.5 Å². The van der Waals surface area contributed by atoms with Gasteiger partial charge in [0.15, 0.2) is 0 Å². The van der Waals surface area contributed by atoms with E-state index in [-0.39, 0.29) is 5.69 Å². The Labute approximate surface area is 112 Å². The molecule has 0 fully saturated rings. The molecule has 0 bridgehead atoms. The van der Waals surface area contributed by atoms with Crippen LogP contribution >= 0.6 is 0 Å². The van der Waals surface area contributed by atoms with Crippen molar-refractivity contribution in [3.8, 4) is 0 Å². The number of hydrogen-bond donors (Lipinski definition) is 1. The van der Waals surface area contributed by atoms with Crippen molar-refractivity contribution in [3.63, 3.8) is 0 Å². The zero-order chi connectivity index (χ0) is 13.8. The third-order valence-electron chi connectivity index (χ3n) is 3.12. The van der Waals surface area contributed by atoms with Crippen LogP contribution < -0.4 is 16.3 Å². The number of fused-ring (bicyclic) bond motifs is 1. The molecule has 0 unspecified atom stereocenters. The van der Waals surface area contributed by atoms with E-state index in [9.17, 15) is 4.79 Å². The smallest absolute Gasteiger partial charge is 0.361 e. The van der Waals surface area contributed by atoms with E-state index in [0.717, 1.165) is 37.0 Å². The van der Waals surface area contributed by atoms with E-state index in [0.29, 0.717) is 5.58 Å². The van der Waals surface area contributed by atoms with E-state index < -0.39 is 5.63 Å².